The van der Waals surface area contributed by atoms with E-state index in [1.807, 2.05) is 19.9 Å². The van der Waals surface area contributed by atoms with Crippen molar-refractivity contribution in [2.75, 3.05) is 19.4 Å². The lowest BCUT2D eigenvalue weighted by atomic mass is 9.99. The van der Waals surface area contributed by atoms with E-state index in [1.165, 1.54) is 31.0 Å². The van der Waals surface area contributed by atoms with Crippen LogP contribution < -0.4 is 5.32 Å². The Hall–Kier alpha value is -1.07. The van der Waals surface area contributed by atoms with E-state index in [1.54, 1.807) is 6.07 Å². The minimum Gasteiger partial charge on any atom is -0.468 e. The van der Waals surface area contributed by atoms with Crippen molar-refractivity contribution in [2.24, 2.45) is 0 Å². The summed E-state index contributed by atoms with van der Waals surface area (Å²) in [6.07, 6.45) is 1.57. The number of nitrogens with one attached hydrogen (secondary N) is 1. The highest BCUT2D eigenvalue weighted by atomic mass is 32.2. The predicted molar refractivity (Wildman–Crippen MR) is 80.5 cm³/mol. The Labute approximate surface area is 124 Å². The molecule has 3 nitrogen and oxygen atoms in total. The second kappa shape index (κ2) is 8.27. The minimum absolute atomic E-state index is 0.241. The molecule has 1 N–H and O–H groups in total. The highest BCUT2D eigenvalue weighted by Gasteiger charge is 2.33. The molecule has 5 heteroatoms. The molecule has 0 heterocycles. The molecule has 0 saturated carbocycles. The van der Waals surface area contributed by atoms with Crippen molar-refractivity contribution in [3.05, 3.63) is 30.1 Å². The molecule has 0 aromatic heterocycles. The molecule has 0 aliphatic rings. The van der Waals surface area contributed by atoms with Crippen molar-refractivity contribution in [2.45, 2.75) is 37.1 Å². The summed E-state index contributed by atoms with van der Waals surface area (Å²) in [5.41, 5.74) is -0.689. The zero-order valence-electron chi connectivity index (χ0n) is 12.2. The van der Waals surface area contributed by atoms with Crippen molar-refractivity contribution < 1.29 is 13.9 Å². The van der Waals surface area contributed by atoms with Gasteiger partial charge in [-0.25, -0.2) is 4.39 Å². The van der Waals surface area contributed by atoms with Crippen molar-refractivity contribution in [1.82, 2.24) is 5.32 Å². The van der Waals surface area contributed by atoms with Gasteiger partial charge in [-0.15, -0.1) is 11.8 Å². The SMILES string of the molecule is CCCNC(C)(CCSc1cccc(F)c1)C(=O)OC. The Morgan fingerprint density at radius 1 is 1.50 bits per heavy atom. The molecule has 1 atom stereocenters. The molecule has 0 aliphatic carbocycles. The molecule has 1 rings (SSSR count). The molecule has 0 amide bonds. The Bertz CT molecular complexity index is 442. The molecule has 20 heavy (non-hydrogen) atoms. The maximum atomic E-state index is 13.1. The molecule has 0 fully saturated rings. The number of carbonyl (C=O) groups is 1. The highest BCUT2D eigenvalue weighted by molar-refractivity contribution is 7.99. The second-order valence-electron chi connectivity index (χ2n) is 4.81. The highest BCUT2D eigenvalue weighted by Crippen LogP contribution is 2.23. The maximum Gasteiger partial charge on any atom is 0.325 e. The third kappa shape index (κ3) is 5.13. The Kier molecular flexibility index (Phi) is 7.02. The van der Waals surface area contributed by atoms with Gasteiger partial charge in [0.15, 0.2) is 0 Å². The molecule has 1 unspecified atom stereocenters. The number of carbonyl (C=O) groups excluding carboxylic acids is 1. The summed E-state index contributed by atoms with van der Waals surface area (Å²) in [4.78, 5) is 12.8. The van der Waals surface area contributed by atoms with Gasteiger partial charge in [-0.1, -0.05) is 13.0 Å². The second-order valence-corrected chi connectivity index (χ2v) is 5.97. The van der Waals surface area contributed by atoms with Crippen LogP contribution in [-0.2, 0) is 9.53 Å². The first-order valence-electron chi connectivity index (χ1n) is 6.73. The lowest BCUT2D eigenvalue weighted by Gasteiger charge is -2.27. The van der Waals surface area contributed by atoms with Gasteiger partial charge in [-0.05, 0) is 44.5 Å². The molecule has 0 bridgehead atoms. The normalized spacial score (nSPS) is 13.8. The third-order valence-corrected chi connectivity index (χ3v) is 4.06. The van der Waals surface area contributed by atoms with Crippen LogP contribution in [0.3, 0.4) is 0 Å². The van der Waals surface area contributed by atoms with E-state index in [0.717, 1.165) is 17.9 Å². The van der Waals surface area contributed by atoms with Crippen molar-refractivity contribution >= 4 is 17.7 Å². The van der Waals surface area contributed by atoms with E-state index in [4.69, 9.17) is 4.74 Å². The molecule has 0 aliphatic heterocycles. The number of hydrogen-bond acceptors (Lipinski definition) is 4. The van der Waals surface area contributed by atoms with Crippen molar-refractivity contribution in [3.8, 4) is 0 Å². The Morgan fingerprint density at radius 2 is 2.25 bits per heavy atom. The quantitative estimate of drug-likeness (QED) is 0.591. The predicted octanol–water partition coefficient (Wildman–Crippen LogP) is 3.24. The van der Waals surface area contributed by atoms with Gasteiger partial charge in [0.25, 0.3) is 0 Å². The summed E-state index contributed by atoms with van der Waals surface area (Å²) in [5.74, 6) is 0.215. The van der Waals surface area contributed by atoms with Crippen molar-refractivity contribution in [1.29, 1.82) is 0 Å². The van der Waals surface area contributed by atoms with E-state index in [9.17, 15) is 9.18 Å². The van der Waals surface area contributed by atoms with Crippen LogP contribution in [0.5, 0.6) is 0 Å². The number of benzene rings is 1. The summed E-state index contributed by atoms with van der Waals surface area (Å²) in [7, 11) is 1.40. The van der Waals surface area contributed by atoms with Crippen LogP contribution in [0.1, 0.15) is 26.7 Å². The Balaban J connectivity index is 2.56. The van der Waals surface area contributed by atoms with E-state index >= 15 is 0 Å². The van der Waals surface area contributed by atoms with Crippen molar-refractivity contribution in [3.63, 3.8) is 0 Å². The lowest BCUT2D eigenvalue weighted by Crippen LogP contribution is -2.50. The molecule has 112 valence electrons. The fourth-order valence-electron chi connectivity index (χ4n) is 1.82. The third-order valence-electron chi connectivity index (χ3n) is 3.07. The summed E-state index contributed by atoms with van der Waals surface area (Å²) >= 11 is 1.54. The molecule has 0 saturated heterocycles. The first kappa shape index (κ1) is 17.0. The fourth-order valence-corrected chi connectivity index (χ4v) is 2.94. The molecule has 1 aromatic carbocycles. The Morgan fingerprint density at radius 3 is 2.85 bits per heavy atom. The number of thioether (sulfide) groups is 1. The van der Waals surface area contributed by atoms with Crippen LogP contribution in [0.15, 0.2) is 29.2 Å². The monoisotopic (exact) mass is 299 g/mol. The van der Waals surface area contributed by atoms with E-state index in [0.29, 0.717) is 12.2 Å². The van der Waals surface area contributed by atoms with Crippen LogP contribution in [0.4, 0.5) is 4.39 Å². The van der Waals surface area contributed by atoms with E-state index < -0.39 is 5.54 Å². The van der Waals surface area contributed by atoms with Crippen LogP contribution in [0.2, 0.25) is 0 Å². The summed E-state index contributed by atoms with van der Waals surface area (Å²) in [5, 5.41) is 3.23. The van der Waals surface area contributed by atoms with Crippen LogP contribution in [-0.4, -0.2) is 30.9 Å². The zero-order chi connectivity index (χ0) is 15.0. The molecule has 0 radical (unpaired) electrons. The molecular weight excluding hydrogens is 277 g/mol. The summed E-state index contributed by atoms with van der Waals surface area (Å²) in [6.45, 7) is 4.66. The summed E-state index contributed by atoms with van der Waals surface area (Å²) < 4.78 is 17.9. The molecular formula is C15H22FNO2S. The molecule has 0 spiro atoms. The van der Waals surface area contributed by atoms with Gasteiger partial charge in [0.2, 0.25) is 0 Å². The number of methoxy groups -OCH3 is 1. The average molecular weight is 299 g/mol. The van der Waals surface area contributed by atoms with Crippen LogP contribution in [0.25, 0.3) is 0 Å². The standard InChI is InChI=1S/C15H22FNO2S/c1-4-9-17-15(2,14(18)19-3)8-10-20-13-7-5-6-12(16)11-13/h5-7,11,17H,4,8-10H2,1-3H3. The minimum atomic E-state index is -0.689. The topological polar surface area (TPSA) is 38.3 Å². The van der Waals surface area contributed by atoms with Gasteiger partial charge in [0.1, 0.15) is 11.4 Å². The zero-order valence-corrected chi connectivity index (χ0v) is 13.1. The first-order chi connectivity index (χ1) is 9.51. The largest absolute Gasteiger partial charge is 0.468 e. The number of hydrogen-bond donors (Lipinski definition) is 1. The first-order valence-corrected chi connectivity index (χ1v) is 7.72. The van der Waals surface area contributed by atoms with Gasteiger partial charge < -0.3 is 10.1 Å². The van der Waals surface area contributed by atoms with Gasteiger partial charge in [-0.2, -0.15) is 0 Å². The average Bonchev–Trinajstić information content (AvgIpc) is 2.44. The van der Waals surface area contributed by atoms with Gasteiger partial charge >= 0.3 is 5.97 Å². The van der Waals surface area contributed by atoms with Gasteiger partial charge in [0.05, 0.1) is 7.11 Å². The number of halogens is 1. The number of rotatable bonds is 8. The number of ether oxygens (including phenoxy) is 1. The molecule has 1 aromatic rings. The summed E-state index contributed by atoms with van der Waals surface area (Å²) in [6, 6.07) is 6.47. The van der Waals surface area contributed by atoms with E-state index in [-0.39, 0.29) is 11.8 Å². The fraction of sp³-hybridized carbons (Fsp3) is 0.533. The van der Waals surface area contributed by atoms with Gasteiger partial charge in [-0.3, -0.25) is 4.79 Å². The van der Waals surface area contributed by atoms with Crippen LogP contribution in [0, 0.1) is 5.82 Å². The lowest BCUT2D eigenvalue weighted by molar-refractivity contribution is -0.148. The van der Waals surface area contributed by atoms with Crippen LogP contribution >= 0.6 is 11.8 Å². The smallest absolute Gasteiger partial charge is 0.325 e. The maximum absolute atomic E-state index is 13.1. The van der Waals surface area contributed by atoms with E-state index in [2.05, 4.69) is 5.32 Å². The number of esters is 1. The van der Waals surface area contributed by atoms with Gasteiger partial charge in [0, 0.05) is 10.6 Å².